The second-order valence-electron chi connectivity index (χ2n) is 4.08. The lowest BCUT2D eigenvalue weighted by atomic mass is 10.2. The number of rotatable bonds is 7. The van der Waals surface area contributed by atoms with Gasteiger partial charge in [0.1, 0.15) is 11.5 Å². The van der Waals surface area contributed by atoms with Gasteiger partial charge >= 0.3 is 0 Å². The van der Waals surface area contributed by atoms with Gasteiger partial charge in [0.2, 0.25) is 0 Å². The molecule has 0 spiro atoms. The average Bonchev–Trinajstić information content (AvgIpc) is 2.91. The maximum Gasteiger partial charge on any atom is 0.255 e. The summed E-state index contributed by atoms with van der Waals surface area (Å²) in [6.45, 7) is 1.32. The van der Waals surface area contributed by atoms with E-state index in [-0.39, 0.29) is 6.61 Å². The first-order valence-electron chi connectivity index (χ1n) is 5.97. The predicted octanol–water partition coefficient (Wildman–Crippen LogP) is 1.43. The smallest absolute Gasteiger partial charge is 0.255 e. The molecule has 19 heavy (non-hydrogen) atoms. The summed E-state index contributed by atoms with van der Waals surface area (Å²) in [5.41, 5.74) is 6.12. The van der Waals surface area contributed by atoms with Crippen LogP contribution in [-0.4, -0.2) is 12.5 Å². The summed E-state index contributed by atoms with van der Waals surface area (Å²) in [4.78, 5) is 10.6. The molecule has 1 heterocycles. The quantitative estimate of drug-likeness (QED) is 0.789. The second kappa shape index (κ2) is 6.61. The van der Waals surface area contributed by atoms with Gasteiger partial charge in [-0.05, 0) is 29.8 Å². The lowest BCUT2D eigenvalue weighted by Gasteiger charge is -2.06. The summed E-state index contributed by atoms with van der Waals surface area (Å²) in [5, 5.41) is 3.27. The average molecular weight is 260 g/mol. The number of hydrogen-bond acceptors (Lipinski definition) is 4. The van der Waals surface area contributed by atoms with Gasteiger partial charge in [0.05, 0.1) is 12.8 Å². The Bertz CT molecular complexity index is 506. The first kappa shape index (κ1) is 13.2. The molecule has 2 aromatic rings. The maximum absolute atomic E-state index is 10.6. The highest BCUT2D eigenvalue weighted by Crippen LogP contribution is 2.12. The molecule has 0 saturated carbocycles. The number of carbonyl (C=O) groups excluding carboxylic acids is 1. The summed E-state index contributed by atoms with van der Waals surface area (Å²) >= 11 is 0. The molecule has 2 rings (SSSR count). The van der Waals surface area contributed by atoms with Crippen molar-refractivity contribution in [1.82, 2.24) is 5.32 Å². The topological polar surface area (TPSA) is 77.5 Å². The fraction of sp³-hybridized carbons (Fsp3) is 0.214. The van der Waals surface area contributed by atoms with Gasteiger partial charge in [0.15, 0.2) is 6.61 Å². The Kier molecular flexibility index (Phi) is 4.58. The minimum atomic E-state index is -0.482. The number of nitrogens with one attached hydrogen (secondary N) is 1. The summed E-state index contributed by atoms with van der Waals surface area (Å²) in [7, 11) is 0. The summed E-state index contributed by atoms with van der Waals surface area (Å²) < 4.78 is 10.4. The fourth-order valence-corrected chi connectivity index (χ4v) is 1.60. The number of ether oxygens (including phenoxy) is 1. The molecule has 1 aromatic carbocycles. The standard InChI is InChI=1S/C14H16N2O3/c15-14(17)10-19-12-5-3-11(4-6-12)8-16-9-13-2-1-7-18-13/h1-7,16H,8-10H2,(H2,15,17). The van der Waals surface area contributed by atoms with Gasteiger partial charge in [0.25, 0.3) is 5.91 Å². The van der Waals surface area contributed by atoms with Crippen LogP contribution in [0.3, 0.4) is 0 Å². The van der Waals surface area contributed by atoms with Crippen LogP contribution in [0, 0.1) is 0 Å². The van der Waals surface area contributed by atoms with E-state index in [4.69, 9.17) is 14.9 Å². The van der Waals surface area contributed by atoms with Gasteiger partial charge in [-0.25, -0.2) is 0 Å². The molecule has 0 aliphatic heterocycles. The van der Waals surface area contributed by atoms with Crippen LogP contribution < -0.4 is 15.8 Å². The van der Waals surface area contributed by atoms with Crippen molar-refractivity contribution < 1.29 is 13.9 Å². The van der Waals surface area contributed by atoms with Crippen molar-refractivity contribution in [2.24, 2.45) is 5.73 Å². The Balaban J connectivity index is 1.76. The maximum atomic E-state index is 10.6. The third kappa shape index (κ3) is 4.48. The van der Waals surface area contributed by atoms with Crippen LogP contribution >= 0.6 is 0 Å². The predicted molar refractivity (Wildman–Crippen MR) is 70.4 cm³/mol. The Morgan fingerprint density at radius 2 is 2.00 bits per heavy atom. The van der Waals surface area contributed by atoms with Gasteiger partial charge in [-0.2, -0.15) is 0 Å². The molecular formula is C14H16N2O3. The lowest BCUT2D eigenvalue weighted by Crippen LogP contribution is -2.20. The van der Waals surface area contributed by atoms with Crippen LogP contribution in [0.25, 0.3) is 0 Å². The second-order valence-corrected chi connectivity index (χ2v) is 4.08. The number of carbonyl (C=O) groups is 1. The Morgan fingerprint density at radius 1 is 1.21 bits per heavy atom. The van der Waals surface area contributed by atoms with Crippen molar-refractivity contribution in [3.05, 3.63) is 54.0 Å². The van der Waals surface area contributed by atoms with E-state index in [1.807, 2.05) is 36.4 Å². The molecule has 1 amide bonds. The van der Waals surface area contributed by atoms with Crippen LogP contribution in [0.15, 0.2) is 47.1 Å². The number of furan rings is 1. The number of primary amides is 1. The number of amides is 1. The van der Waals surface area contributed by atoms with Gasteiger partial charge in [-0.15, -0.1) is 0 Å². The molecule has 0 aliphatic rings. The first-order chi connectivity index (χ1) is 9.24. The Hall–Kier alpha value is -2.27. The minimum Gasteiger partial charge on any atom is -0.484 e. The molecule has 3 N–H and O–H groups in total. The highest BCUT2D eigenvalue weighted by Gasteiger charge is 1.99. The van der Waals surface area contributed by atoms with Crippen molar-refractivity contribution in [2.75, 3.05) is 6.61 Å². The highest BCUT2D eigenvalue weighted by atomic mass is 16.5. The van der Waals surface area contributed by atoms with Gasteiger partial charge in [-0.3, -0.25) is 4.79 Å². The normalized spacial score (nSPS) is 10.3. The van der Waals surface area contributed by atoms with Crippen LogP contribution in [0.1, 0.15) is 11.3 Å². The molecule has 5 heteroatoms. The minimum absolute atomic E-state index is 0.101. The third-order valence-corrected chi connectivity index (χ3v) is 2.51. The molecule has 0 saturated heterocycles. The van der Waals surface area contributed by atoms with Crippen molar-refractivity contribution in [3.8, 4) is 5.75 Å². The van der Waals surface area contributed by atoms with Gasteiger partial charge < -0.3 is 20.2 Å². The number of nitrogens with two attached hydrogens (primary N) is 1. The van der Waals surface area contributed by atoms with E-state index in [9.17, 15) is 4.79 Å². The zero-order chi connectivity index (χ0) is 13.5. The van der Waals surface area contributed by atoms with E-state index in [0.29, 0.717) is 12.3 Å². The molecular weight excluding hydrogens is 244 g/mol. The third-order valence-electron chi connectivity index (χ3n) is 2.51. The molecule has 100 valence electrons. The number of hydrogen-bond donors (Lipinski definition) is 2. The van der Waals surface area contributed by atoms with Crippen LogP contribution in [-0.2, 0) is 17.9 Å². The zero-order valence-corrected chi connectivity index (χ0v) is 10.5. The fourth-order valence-electron chi connectivity index (χ4n) is 1.60. The van der Waals surface area contributed by atoms with E-state index in [1.54, 1.807) is 6.26 Å². The zero-order valence-electron chi connectivity index (χ0n) is 10.5. The van der Waals surface area contributed by atoms with E-state index in [1.165, 1.54) is 0 Å². The highest BCUT2D eigenvalue weighted by molar-refractivity contribution is 5.75. The molecule has 0 aliphatic carbocycles. The Morgan fingerprint density at radius 3 is 2.63 bits per heavy atom. The van der Waals surface area contributed by atoms with Crippen LogP contribution in [0.5, 0.6) is 5.75 Å². The van der Waals surface area contributed by atoms with Gasteiger partial charge in [0, 0.05) is 6.54 Å². The summed E-state index contributed by atoms with van der Waals surface area (Å²) in [6, 6.07) is 11.3. The molecule has 0 unspecified atom stereocenters. The molecule has 1 aromatic heterocycles. The molecule has 0 bridgehead atoms. The van der Waals surface area contributed by atoms with Crippen molar-refractivity contribution >= 4 is 5.91 Å². The van der Waals surface area contributed by atoms with Crippen LogP contribution in [0.2, 0.25) is 0 Å². The molecule has 0 atom stereocenters. The monoisotopic (exact) mass is 260 g/mol. The van der Waals surface area contributed by atoms with E-state index < -0.39 is 5.91 Å². The molecule has 5 nitrogen and oxygen atoms in total. The SMILES string of the molecule is NC(=O)COc1ccc(CNCc2ccco2)cc1. The lowest BCUT2D eigenvalue weighted by molar-refractivity contribution is -0.119. The van der Waals surface area contributed by atoms with E-state index in [0.717, 1.165) is 17.9 Å². The van der Waals surface area contributed by atoms with Crippen molar-refractivity contribution in [1.29, 1.82) is 0 Å². The molecule has 0 fully saturated rings. The summed E-state index contributed by atoms with van der Waals surface area (Å²) in [5.74, 6) is 1.05. The summed E-state index contributed by atoms with van der Waals surface area (Å²) in [6.07, 6.45) is 1.65. The van der Waals surface area contributed by atoms with Crippen LogP contribution in [0.4, 0.5) is 0 Å². The van der Waals surface area contributed by atoms with E-state index >= 15 is 0 Å². The first-order valence-corrected chi connectivity index (χ1v) is 5.97. The van der Waals surface area contributed by atoms with Crippen molar-refractivity contribution in [2.45, 2.75) is 13.1 Å². The van der Waals surface area contributed by atoms with Gasteiger partial charge in [-0.1, -0.05) is 12.1 Å². The molecule has 0 radical (unpaired) electrons. The number of benzene rings is 1. The Labute approximate surface area is 111 Å². The van der Waals surface area contributed by atoms with Crippen molar-refractivity contribution in [3.63, 3.8) is 0 Å². The largest absolute Gasteiger partial charge is 0.484 e. The van der Waals surface area contributed by atoms with E-state index in [2.05, 4.69) is 5.32 Å².